The maximum atomic E-state index is 13.5. The van der Waals surface area contributed by atoms with E-state index in [9.17, 15) is 14.4 Å². The predicted octanol–water partition coefficient (Wildman–Crippen LogP) is 7.52. The molecule has 0 atom stereocenters. The van der Waals surface area contributed by atoms with Gasteiger partial charge in [0.2, 0.25) is 0 Å². The summed E-state index contributed by atoms with van der Waals surface area (Å²) < 4.78 is 17.6. The van der Waals surface area contributed by atoms with E-state index in [0.29, 0.717) is 34.4 Å². The molecule has 1 saturated heterocycles. The highest BCUT2D eigenvalue weighted by Crippen LogP contribution is 2.38. The van der Waals surface area contributed by atoms with E-state index in [-0.39, 0.29) is 29.5 Å². The number of benzene rings is 4. The number of nitrogens with zero attached hydrogens (tertiary/aromatic N) is 1. The van der Waals surface area contributed by atoms with E-state index in [1.165, 1.54) is 6.08 Å². The first kappa shape index (κ1) is 30.7. The summed E-state index contributed by atoms with van der Waals surface area (Å²) in [5.74, 6) is -0.427. The van der Waals surface area contributed by atoms with Gasteiger partial charge in [-0.3, -0.25) is 14.9 Å². The second-order valence-electron chi connectivity index (χ2n) is 9.87. The molecule has 0 radical (unpaired) electrons. The van der Waals surface area contributed by atoms with Crippen LogP contribution in [0, 0.1) is 6.92 Å². The van der Waals surface area contributed by atoms with Gasteiger partial charge in [-0.15, -0.1) is 0 Å². The molecule has 1 heterocycles. The molecule has 5 rings (SSSR count). The second kappa shape index (κ2) is 13.7. The largest absolute Gasteiger partial charge is 0.490 e. The fourth-order valence-corrected chi connectivity index (χ4v) is 5.02. The van der Waals surface area contributed by atoms with Gasteiger partial charge >= 0.3 is 6.03 Å². The van der Waals surface area contributed by atoms with Crippen molar-refractivity contribution in [2.45, 2.75) is 27.1 Å². The van der Waals surface area contributed by atoms with Crippen molar-refractivity contribution in [3.05, 3.63) is 123 Å². The lowest BCUT2D eigenvalue weighted by Gasteiger charge is -2.26. The molecular formula is C34H28Cl2N2O6. The molecule has 0 aromatic heterocycles. The first-order valence-electron chi connectivity index (χ1n) is 13.8. The summed E-state index contributed by atoms with van der Waals surface area (Å²) in [6.45, 7) is 4.65. The second-order valence-corrected chi connectivity index (χ2v) is 10.7. The van der Waals surface area contributed by atoms with Gasteiger partial charge in [0, 0.05) is 10.6 Å². The van der Waals surface area contributed by atoms with Gasteiger partial charge in [-0.1, -0.05) is 71.2 Å². The number of halogens is 2. The molecule has 4 aromatic rings. The van der Waals surface area contributed by atoms with Crippen LogP contribution in [0.5, 0.6) is 17.2 Å². The number of rotatable bonds is 10. The molecule has 4 aromatic carbocycles. The van der Waals surface area contributed by atoms with E-state index in [0.717, 1.165) is 21.6 Å². The molecular weight excluding hydrogens is 603 g/mol. The third-order valence-corrected chi connectivity index (χ3v) is 7.31. The Labute approximate surface area is 264 Å². The summed E-state index contributed by atoms with van der Waals surface area (Å²) >= 11 is 12.8. The molecule has 1 aliphatic heterocycles. The van der Waals surface area contributed by atoms with Crippen molar-refractivity contribution < 1.29 is 28.6 Å². The fraction of sp³-hybridized carbons (Fsp3) is 0.147. The number of anilines is 1. The molecule has 0 aliphatic carbocycles. The van der Waals surface area contributed by atoms with Crippen LogP contribution in [-0.2, 0) is 22.8 Å². The average Bonchev–Trinajstić information content (AvgIpc) is 2.99. The Morgan fingerprint density at radius 1 is 0.818 bits per heavy atom. The number of carbonyl (C=O) groups is 3. The predicted molar refractivity (Wildman–Crippen MR) is 169 cm³/mol. The van der Waals surface area contributed by atoms with Crippen LogP contribution in [0.25, 0.3) is 6.08 Å². The van der Waals surface area contributed by atoms with Crippen molar-refractivity contribution in [2.75, 3.05) is 11.5 Å². The average molecular weight is 632 g/mol. The van der Waals surface area contributed by atoms with Crippen molar-refractivity contribution in [1.82, 2.24) is 5.32 Å². The van der Waals surface area contributed by atoms with Gasteiger partial charge in [-0.05, 0) is 73.5 Å². The smallest absolute Gasteiger partial charge is 0.335 e. The van der Waals surface area contributed by atoms with Gasteiger partial charge in [-0.2, -0.15) is 0 Å². The summed E-state index contributed by atoms with van der Waals surface area (Å²) in [4.78, 5) is 39.9. The van der Waals surface area contributed by atoms with Crippen LogP contribution in [-0.4, -0.2) is 24.5 Å². The normalized spacial score (nSPS) is 14.0. The summed E-state index contributed by atoms with van der Waals surface area (Å²) in [5, 5.41) is 3.05. The van der Waals surface area contributed by atoms with E-state index < -0.39 is 17.8 Å². The zero-order valence-electron chi connectivity index (χ0n) is 23.9. The van der Waals surface area contributed by atoms with Gasteiger partial charge in [0.25, 0.3) is 11.8 Å². The van der Waals surface area contributed by atoms with Gasteiger partial charge < -0.3 is 14.2 Å². The molecule has 0 unspecified atom stereocenters. The van der Waals surface area contributed by atoms with Gasteiger partial charge in [-0.25, -0.2) is 9.69 Å². The molecule has 0 bridgehead atoms. The Bertz CT molecular complexity index is 1750. The standard InChI is InChI=1S/C34H28Cl2N2O6/c1-3-42-30-18-23(17-29(36)31(30)44-19-22-8-6-7-21(2)15-22)16-27-32(39)37-34(41)38(33(27)40)25-11-13-26(14-12-25)43-20-24-9-4-5-10-28(24)35/h4-18H,3,19-20H2,1-2H3,(H,37,39,41)/b27-16+. The molecule has 0 saturated carbocycles. The van der Waals surface area contributed by atoms with Crippen molar-refractivity contribution in [3.63, 3.8) is 0 Å². The van der Waals surface area contributed by atoms with Crippen LogP contribution in [0.3, 0.4) is 0 Å². The Morgan fingerprint density at radius 3 is 2.32 bits per heavy atom. The first-order chi connectivity index (χ1) is 21.2. The summed E-state index contributed by atoms with van der Waals surface area (Å²) in [6, 6.07) is 23.9. The maximum absolute atomic E-state index is 13.5. The number of barbiturate groups is 1. The summed E-state index contributed by atoms with van der Waals surface area (Å²) in [6.07, 6.45) is 1.36. The highest BCUT2D eigenvalue weighted by Gasteiger charge is 2.37. The lowest BCUT2D eigenvalue weighted by atomic mass is 10.1. The Balaban J connectivity index is 1.36. The minimum atomic E-state index is -0.866. The van der Waals surface area contributed by atoms with Crippen LogP contribution in [0.4, 0.5) is 10.5 Å². The number of ether oxygens (including phenoxy) is 3. The molecule has 44 heavy (non-hydrogen) atoms. The Morgan fingerprint density at radius 2 is 1.59 bits per heavy atom. The molecule has 224 valence electrons. The molecule has 1 fully saturated rings. The molecule has 1 aliphatic rings. The van der Waals surface area contributed by atoms with E-state index in [4.69, 9.17) is 37.4 Å². The van der Waals surface area contributed by atoms with E-state index in [1.807, 2.05) is 56.3 Å². The Kier molecular flexibility index (Phi) is 9.53. The van der Waals surface area contributed by atoms with Crippen LogP contribution in [0.1, 0.15) is 29.2 Å². The lowest BCUT2D eigenvalue weighted by molar-refractivity contribution is -0.122. The number of amides is 4. The number of hydrogen-bond acceptors (Lipinski definition) is 6. The van der Waals surface area contributed by atoms with Gasteiger partial charge in [0.05, 0.1) is 17.3 Å². The van der Waals surface area contributed by atoms with Crippen LogP contribution in [0.15, 0.2) is 90.5 Å². The minimum absolute atomic E-state index is 0.236. The summed E-state index contributed by atoms with van der Waals surface area (Å²) in [7, 11) is 0. The molecule has 8 nitrogen and oxygen atoms in total. The topological polar surface area (TPSA) is 94.2 Å². The van der Waals surface area contributed by atoms with E-state index in [1.54, 1.807) is 42.5 Å². The number of imide groups is 2. The lowest BCUT2D eigenvalue weighted by Crippen LogP contribution is -2.54. The monoisotopic (exact) mass is 630 g/mol. The number of carbonyl (C=O) groups excluding carboxylic acids is 3. The molecule has 0 spiro atoms. The number of aryl methyl sites for hydroxylation is 1. The minimum Gasteiger partial charge on any atom is -0.490 e. The quantitative estimate of drug-likeness (QED) is 0.144. The van der Waals surface area contributed by atoms with E-state index >= 15 is 0 Å². The number of nitrogens with one attached hydrogen (secondary N) is 1. The number of urea groups is 1. The highest BCUT2D eigenvalue weighted by molar-refractivity contribution is 6.39. The van der Waals surface area contributed by atoms with Crippen LogP contribution in [0.2, 0.25) is 10.0 Å². The van der Waals surface area contributed by atoms with Crippen molar-refractivity contribution in [3.8, 4) is 17.2 Å². The fourth-order valence-electron chi connectivity index (χ4n) is 4.56. The molecule has 4 amide bonds. The van der Waals surface area contributed by atoms with Crippen molar-refractivity contribution >= 4 is 52.8 Å². The SMILES string of the molecule is CCOc1cc(/C=C2\C(=O)NC(=O)N(c3ccc(OCc4ccccc4Cl)cc3)C2=O)cc(Cl)c1OCc1cccc(C)c1. The van der Waals surface area contributed by atoms with Crippen LogP contribution < -0.4 is 24.4 Å². The number of hydrogen-bond donors (Lipinski definition) is 1. The van der Waals surface area contributed by atoms with Gasteiger partial charge in [0.1, 0.15) is 24.5 Å². The van der Waals surface area contributed by atoms with Crippen molar-refractivity contribution in [2.24, 2.45) is 0 Å². The Hall–Kier alpha value is -4.79. The highest BCUT2D eigenvalue weighted by atomic mass is 35.5. The third kappa shape index (κ3) is 7.05. The van der Waals surface area contributed by atoms with E-state index in [2.05, 4.69) is 5.32 Å². The molecule has 1 N–H and O–H groups in total. The summed E-state index contributed by atoms with van der Waals surface area (Å²) in [5.41, 5.74) is 3.29. The zero-order valence-corrected chi connectivity index (χ0v) is 25.4. The first-order valence-corrected chi connectivity index (χ1v) is 14.5. The van der Waals surface area contributed by atoms with Gasteiger partial charge in [0.15, 0.2) is 11.5 Å². The molecule has 10 heteroatoms. The van der Waals surface area contributed by atoms with Crippen LogP contribution >= 0.6 is 23.2 Å². The van der Waals surface area contributed by atoms with Crippen molar-refractivity contribution in [1.29, 1.82) is 0 Å². The maximum Gasteiger partial charge on any atom is 0.335 e. The zero-order chi connectivity index (χ0) is 31.2. The third-order valence-electron chi connectivity index (χ3n) is 6.66.